The minimum absolute atomic E-state index is 0.0413. The van der Waals surface area contributed by atoms with Crippen molar-refractivity contribution in [2.24, 2.45) is 0 Å². The van der Waals surface area contributed by atoms with Crippen LogP contribution in [0.25, 0.3) is 0 Å². The molecule has 0 aromatic heterocycles. The van der Waals surface area contributed by atoms with E-state index in [0.29, 0.717) is 24.3 Å². The number of hydrogen-bond donors (Lipinski definition) is 3. The van der Waals surface area contributed by atoms with Crippen molar-refractivity contribution in [1.82, 2.24) is 4.90 Å². The summed E-state index contributed by atoms with van der Waals surface area (Å²) in [4.78, 5) is 14.0. The molecule has 0 atom stereocenters. The van der Waals surface area contributed by atoms with E-state index in [4.69, 9.17) is 10.8 Å². The maximum atomic E-state index is 11.8. The van der Waals surface area contributed by atoms with Gasteiger partial charge in [-0.15, -0.1) is 0 Å². The van der Waals surface area contributed by atoms with Gasteiger partial charge in [-0.05, 0) is 25.1 Å². The predicted octanol–water partition coefficient (Wildman–Crippen LogP) is 1.30. The molecule has 0 aliphatic rings. The molecule has 0 radical (unpaired) electrons. The summed E-state index contributed by atoms with van der Waals surface area (Å²) in [5.74, 6) is -0.0413. The highest BCUT2D eigenvalue weighted by molar-refractivity contribution is 5.93. The summed E-state index contributed by atoms with van der Waals surface area (Å²) in [5.41, 5.74) is 6.99. The second kappa shape index (κ2) is 8.50. The fourth-order valence-electron chi connectivity index (χ4n) is 1.81. The zero-order chi connectivity index (χ0) is 14.1. The highest BCUT2D eigenvalue weighted by Gasteiger charge is 2.08. The number of carbonyl (C=O) groups excluding carboxylic acids is 1. The van der Waals surface area contributed by atoms with Crippen LogP contribution in [0.1, 0.15) is 19.8 Å². The molecule has 19 heavy (non-hydrogen) atoms. The average Bonchev–Trinajstić information content (AvgIpc) is 2.41. The van der Waals surface area contributed by atoms with E-state index in [1.54, 1.807) is 12.1 Å². The van der Waals surface area contributed by atoms with Crippen LogP contribution in [-0.2, 0) is 4.79 Å². The van der Waals surface area contributed by atoms with Crippen LogP contribution < -0.4 is 11.1 Å². The summed E-state index contributed by atoms with van der Waals surface area (Å²) in [6.45, 7) is 4.61. The van der Waals surface area contributed by atoms with Crippen LogP contribution in [0.15, 0.2) is 24.3 Å². The molecule has 1 rings (SSSR count). The molecule has 4 N–H and O–H groups in total. The fourth-order valence-corrected chi connectivity index (χ4v) is 1.81. The van der Waals surface area contributed by atoms with Crippen molar-refractivity contribution in [3.8, 4) is 0 Å². The molecular formula is C14H23N3O2. The Morgan fingerprint density at radius 3 is 2.74 bits per heavy atom. The molecule has 5 nitrogen and oxygen atoms in total. The molecule has 1 amide bonds. The average molecular weight is 265 g/mol. The van der Waals surface area contributed by atoms with Gasteiger partial charge in [-0.3, -0.25) is 4.79 Å². The van der Waals surface area contributed by atoms with Crippen molar-refractivity contribution in [2.75, 3.05) is 37.3 Å². The van der Waals surface area contributed by atoms with Crippen molar-refractivity contribution in [3.05, 3.63) is 24.3 Å². The first-order valence-electron chi connectivity index (χ1n) is 6.65. The lowest BCUT2D eigenvalue weighted by Crippen LogP contribution is -2.29. The number of amides is 1. The van der Waals surface area contributed by atoms with E-state index in [0.717, 1.165) is 19.5 Å². The van der Waals surface area contributed by atoms with Crippen LogP contribution in [0.3, 0.4) is 0 Å². The molecule has 106 valence electrons. The second-order valence-corrected chi connectivity index (χ2v) is 4.40. The van der Waals surface area contributed by atoms with Gasteiger partial charge in [0.2, 0.25) is 5.91 Å². The third kappa shape index (κ3) is 5.72. The Morgan fingerprint density at radius 1 is 1.37 bits per heavy atom. The molecule has 1 aromatic rings. The lowest BCUT2D eigenvalue weighted by molar-refractivity contribution is -0.116. The van der Waals surface area contributed by atoms with Gasteiger partial charge in [-0.2, -0.15) is 0 Å². The van der Waals surface area contributed by atoms with Crippen LogP contribution >= 0.6 is 0 Å². The van der Waals surface area contributed by atoms with Crippen molar-refractivity contribution in [1.29, 1.82) is 0 Å². The Morgan fingerprint density at radius 2 is 2.11 bits per heavy atom. The predicted molar refractivity (Wildman–Crippen MR) is 77.9 cm³/mol. The lowest BCUT2D eigenvalue weighted by Gasteiger charge is -2.19. The molecule has 0 bridgehead atoms. The fraction of sp³-hybridized carbons (Fsp3) is 0.500. The van der Waals surface area contributed by atoms with Crippen molar-refractivity contribution >= 4 is 17.3 Å². The summed E-state index contributed by atoms with van der Waals surface area (Å²) in [6, 6.07) is 7.22. The van der Waals surface area contributed by atoms with Gasteiger partial charge in [-0.1, -0.05) is 19.1 Å². The number of rotatable bonds is 8. The molecule has 0 saturated carbocycles. The van der Waals surface area contributed by atoms with Gasteiger partial charge in [-0.25, -0.2) is 0 Å². The van der Waals surface area contributed by atoms with E-state index in [9.17, 15) is 4.79 Å². The number of nitrogen functional groups attached to an aromatic ring is 1. The summed E-state index contributed by atoms with van der Waals surface area (Å²) in [6.07, 6.45) is 1.16. The van der Waals surface area contributed by atoms with Gasteiger partial charge in [0, 0.05) is 26.1 Å². The van der Waals surface area contributed by atoms with Crippen molar-refractivity contribution < 1.29 is 9.90 Å². The maximum absolute atomic E-state index is 11.8. The number of nitrogens with two attached hydrogens (primary N) is 1. The Kier molecular flexibility index (Phi) is 6.92. The van der Waals surface area contributed by atoms with Gasteiger partial charge in [0.25, 0.3) is 0 Å². The standard InChI is InChI=1S/C14H23N3O2/c1-2-17(9-5-11-18)10-8-14(19)16-13-7-4-3-6-12(13)15/h3-4,6-7,18H,2,5,8-11,15H2,1H3,(H,16,19). The molecular weight excluding hydrogens is 242 g/mol. The molecule has 0 heterocycles. The van der Waals surface area contributed by atoms with Crippen molar-refractivity contribution in [2.45, 2.75) is 19.8 Å². The Labute approximate surface area is 114 Å². The highest BCUT2D eigenvalue weighted by Crippen LogP contribution is 2.16. The van der Waals surface area contributed by atoms with E-state index in [1.165, 1.54) is 0 Å². The SMILES string of the molecule is CCN(CCCO)CCC(=O)Nc1ccccc1N. The van der Waals surface area contributed by atoms with Crippen LogP contribution in [0, 0.1) is 0 Å². The van der Waals surface area contributed by atoms with Gasteiger partial charge in [0.15, 0.2) is 0 Å². The van der Waals surface area contributed by atoms with Crippen LogP contribution in [0.4, 0.5) is 11.4 Å². The van der Waals surface area contributed by atoms with E-state index in [-0.39, 0.29) is 12.5 Å². The summed E-state index contributed by atoms with van der Waals surface area (Å²) < 4.78 is 0. The molecule has 5 heteroatoms. The topological polar surface area (TPSA) is 78.6 Å². The van der Waals surface area contributed by atoms with Crippen LogP contribution in [-0.4, -0.2) is 42.2 Å². The van der Waals surface area contributed by atoms with E-state index in [1.807, 2.05) is 19.1 Å². The Hall–Kier alpha value is -1.59. The molecule has 1 aromatic carbocycles. The largest absolute Gasteiger partial charge is 0.397 e. The zero-order valence-corrected chi connectivity index (χ0v) is 11.4. The number of carbonyl (C=O) groups is 1. The van der Waals surface area contributed by atoms with Crippen molar-refractivity contribution in [3.63, 3.8) is 0 Å². The third-order valence-corrected chi connectivity index (χ3v) is 2.97. The van der Waals surface area contributed by atoms with Crippen LogP contribution in [0.5, 0.6) is 0 Å². The first-order valence-corrected chi connectivity index (χ1v) is 6.65. The number of hydrogen-bond acceptors (Lipinski definition) is 4. The lowest BCUT2D eigenvalue weighted by atomic mass is 10.2. The Balaban J connectivity index is 2.37. The van der Waals surface area contributed by atoms with Gasteiger partial charge in [0.1, 0.15) is 0 Å². The minimum Gasteiger partial charge on any atom is -0.397 e. The molecule has 0 aliphatic heterocycles. The first-order chi connectivity index (χ1) is 9.17. The first kappa shape index (κ1) is 15.5. The number of nitrogens with one attached hydrogen (secondary N) is 1. The molecule has 0 spiro atoms. The summed E-state index contributed by atoms with van der Waals surface area (Å²) in [5, 5.41) is 11.6. The summed E-state index contributed by atoms with van der Waals surface area (Å²) >= 11 is 0. The maximum Gasteiger partial charge on any atom is 0.225 e. The van der Waals surface area contributed by atoms with E-state index >= 15 is 0 Å². The molecule has 0 aliphatic carbocycles. The van der Waals surface area contributed by atoms with Gasteiger partial charge < -0.3 is 21.1 Å². The molecule has 0 fully saturated rings. The minimum atomic E-state index is -0.0413. The zero-order valence-electron chi connectivity index (χ0n) is 11.4. The normalized spacial score (nSPS) is 10.7. The second-order valence-electron chi connectivity index (χ2n) is 4.40. The monoisotopic (exact) mass is 265 g/mol. The number of benzene rings is 1. The van der Waals surface area contributed by atoms with Crippen LogP contribution in [0.2, 0.25) is 0 Å². The quantitative estimate of drug-likeness (QED) is 0.619. The van der Waals surface area contributed by atoms with E-state index < -0.39 is 0 Å². The Bertz CT molecular complexity index is 396. The highest BCUT2D eigenvalue weighted by atomic mass is 16.3. The van der Waals surface area contributed by atoms with E-state index in [2.05, 4.69) is 10.2 Å². The summed E-state index contributed by atoms with van der Waals surface area (Å²) in [7, 11) is 0. The molecule has 0 saturated heterocycles. The molecule has 0 unspecified atom stereocenters. The third-order valence-electron chi connectivity index (χ3n) is 2.97. The number of nitrogens with zero attached hydrogens (tertiary/aromatic N) is 1. The smallest absolute Gasteiger partial charge is 0.225 e. The number of para-hydroxylation sites is 2. The number of aliphatic hydroxyl groups is 1. The number of anilines is 2. The number of aliphatic hydroxyl groups excluding tert-OH is 1. The van der Waals surface area contributed by atoms with Gasteiger partial charge in [0.05, 0.1) is 11.4 Å². The van der Waals surface area contributed by atoms with Gasteiger partial charge >= 0.3 is 0 Å².